The van der Waals surface area contributed by atoms with Crippen LogP contribution < -0.4 is 15.1 Å². The van der Waals surface area contributed by atoms with E-state index in [0.29, 0.717) is 15.7 Å². The highest BCUT2D eigenvalue weighted by atomic mass is 35.5. The summed E-state index contributed by atoms with van der Waals surface area (Å²) in [5, 5.41) is 4.83. The number of piperidine rings is 1. The van der Waals surface area contributed by atoms with Crippen LogP contribution in [-0.2, 0) is 4.74 Å². The molecular formula is C32H32ClN5O2S. The van der Waals surface area contributed by atoms with Crippen LogP contribution in [0.15, 0.2) is 85.2 Å². The fraction of sp³-hybridized carbons (Fsp3) is 0.281. The Hall–Kier alpha value is -3.88. The number of methoxy groups -OCH3 is 1. The normalized spacial score (nSPS) is 19.3. The van der Waals surface area contributed by atoms with Crippen molar-refractivity contribution in [2.75, 3.05) is 30.0 Å². The van der Waals surface area contributed by atoms with E-state index in [1.807, 2.05) is 54.7 Å². The lowest BCUT2D eigenvalue weighted by molar-refractivity contribution is 0.0600. The summed E-state index contributed by atoms with van der Waals surface area (Å²) in [5.74, 6) is 0.362. The molecule has 2 unspecified atom stereocenters. The number of carbonyl (C=O) groups is 1. The third kappa shape index (κ3) is 5.29. The summed E-state index contributed by atoms with van der Waals surface area (Å²) in [4.78, 5) is 21.5. The molecule has 6 rings (SSSR count). The van der Waals surface area contributed by atoms with E-state index in [9.17, 15) is 4.79 Å². The van der Waals surface area contributed by atoms with E-state index < -0.39 is 0 Å². The minimum atomic E-state index is -0.379. The molecule has 4 aromatic rings. The summed E-state index contributed by atoms with van der Waals surface area (Å²) in [6.07, 6.45) is 6.12. The zero-order chi connectivity index (χ0) is 28.5. The molecule has 2 fully saturated rings. The average Bonchev–Trinajstić information content (AvgIpc) is 3.62. The van der Waals surface area contributed by atoms with E-state index in [4.69, 9.17) is 28.6 Å². The van der Waals surface area contributed by atoms with Crippen molar-refractivity contribution in [1.82, 2.24) is 14.9 Å². The van der Waals surface area contributed by atoms with Crippen LogP contribution >= 0.6 is 23.8 Å². The number of aromatic nitrogens is 2. The topological polar surface area (TPSA) is 62.6 Å². The van der Waals surface area contributed by atoms with Gasteiger partial charge in [-0.1, -0.05) is 30.7 Å². The number of rotatable bonds is 6. The standard InChI is InChI=1S/C32H32ClN5O2S/c1-21-13-17-36(18-14-21)27-12-11-24(20-25(27)33)38-30(29(35-32(38)41)26-9-3-4-15-34-26)28-10-6-16-37(28)23-8-5-7-22(19-23)31(39)40-2/h3-12,15-16,19-21,29-30H,13-14,17-18H2,1-2H3,(H,35,41). The van der Waals surface area contributed by atoms with Crippen LogP contribution in [0.4, 0.5) is 11.4 Å². The van der Waals surface area contributed by atoms with Crippen LogP contribution in [0, 0.1) is 5.92 Å². The van der Waals surface area contributed by atoms with Gasteiger partial charge in [0.15, 0.2) is 5.11 Å². The van der Waals surface area contributed by atoms with Crippen LogP contribution in [0.25, 0.3) is 5.69 Å². The molecule has 2 atom stereocenters. The molecule has 2 aliphatic rings. The lowest BCUT2D eigenvalue weighted by atomic mass is 9.98. The van der Waals surface area contributed by atoms with Crippen LogP contribution in [0.2, 0.25) is 5.02 Å². The molecule has 2 aliphatic heterocycles. The Labute approximate surface area is 250 Å². The van der Waals surface area contributed by atoms with Crippen molar-refractivity contribution in [1.29, 1.82) is 0 Å². The minimum absolute atomic E-state index is 0.219. The minimum Gasteiger partial charge on any atom is -0.465 e. The van der Waals surface area contributed by atoms with Gasteiger partial charge in [-0.05, 0) is 91.6 Å². The molecule has 4 heterocycles. The first-order chi connectivity index (χ1) is 19.9. The molecule has 9 heteroatoms. The fourth-order valence-electron chi connectivity index (χ4n) is 5.86. The molecule has 7 nitrogen and oxygen atoms in total. The summed E-state index contributed by atoms with van der Waals surface area (Å²) in [6.45, 7) is 4.32. The maximum absolute atomic E-state index is 12.3. The molecular weight excluding hydrogens is 554 g/mol. The number of ether oxygens (including phenoxy) is 1. The molecule has 41 heavy (non-hydrogen) atoms. The molecule has 0 saturated carbocycles. The Balaban J connectivity index is 1.42. The molecule has 210 valence electrons. The highest BCUT2D eigenvalue weighted by Gasteiger charge is 2.42. The van der Waals surface area contributed by atoms with Gasteiger partial charge in [-0.3, -0.25) is 4.98 Å². The average molecular weight is 586 g/mol. The van der Waals surface area contributed by atoms with Gasteiger partial charge in [0.25, 0.3) is 0 Å². The predicted molar refractivity (Wildman–Crippen MR) is 167 cm³/mol. The second-order valence-electron chi connectivity index (χ2n) is 10.6. The first kappa shape index (κ1) is 27.3. The SMILES string of the molecule is COC(=O)c1cccc(-n2cccc2C2C(c3ccccn3)NC(=S)N2c2ccc(N3CCC(C)CC3)c(Cl)c2)c1. The molecule has 2 aromatic heterocycles. The van der Waals surface area contributed by atoms with Crippen molar-refractivity contribution in [2.24, 2.45) is 5.92 Å². The van der Waals surface area contributed by atoms with Crippen LogP contribution in [0.3, 0.4) is 0 Å². The number of pyridine rings is 1. The highest BCUT2D eigenvalue weighted by Crippen LogP contribution is 2.44. The number of nitrogens with zero attached hydrogens (tertiary/aromatic N) is 4. The molecule has 2 saturated heterocycles. The lowest BCUT2D eigenvalue weighted by Gasteiger charge is -2.33. The van der Waals surface area contributed by atoms with Crippen LogP contribution in [0.5, 0.6) is 0 Å². The Bertz CT molecular complexity index is 1570. The zero-order valence-electron chi connectivity index (χ0n) is 23.0. The number of nitrogens with one attached hydrogen (secondary N) is 1. The first-order valence-electron chi connectivity index (χ1n) is 13.9. The van der Waals surface area contributed by atoms with Crippen molar-refractivity contribution in [3.8, 4) is 5.69 Å². The number of hydrogen-bond acceptors (Lipinski definition) is 5. The third-order valence-electron chi connectivity index (χ3n) is 8.06. The van der Waals surface area contributed by atoms with E-state index in [1.165, 1.54) is 20.0 Å². The maximum atomic E-state index is 12.3. The Morgan fingerprint density at radius 2 is 1.85 bits per heavy atom. The Kier molecular flexibility index (Phi) is 7.69. The largest absolute Gasteiger partial charge is 0.465 e. The van der Waals surface area contributed by atoms with E-state index in [-0.39, 0.29) is 18.1 Å². The molecule has 0 amide bonds. The number of hydrogen-bond donors (Lipinski definition) is 1. The third-order valence-corrected chi connectivity index (χ3v) is 8.68. The van der Waals surface area contributed by atoms with Crippen LogP contribution in [0.1, 0.15) is 53.6 Å². The van der Waals surface area contributed by atoms with E-state index >= 15 is 0 Å². The van der Waals surface area contributed by atoms with Crippen molar-refractivity contribution < 1.29 is 9.53 Å². The van der Waals surface area contributed by atoms with Gasteiger partial charge in [-0.25, -0.2) is 4.79 Å². The molecule has 1 N–H and O–H groups in total. The summed E-state index contributed by atoms with van der Waals surface area (Å²) in [5.41, 5.74) is 5.15. The lowest BCUT2D eigenvalue weighted by Crippen LogP contribution is -2.33. The van der Waals surface area contributed by atoms with E-state index in [2.05, 4.69) is 49.8 Å². The van der Waals surface area contributed by atoms with Gasteiger partial charge in [0.2, 0.25) is 0 Å². The number of benzene rings is 2. The molecule has 2 aromatic carbocycles. The zero-order valence-corrected chi connectivity index (χ0v) is 24.6. The maximum Gasteiger partial charge on any atom is 0.337 e. The smallest absolute Gasteiger partial charge is 0.337 e. The molecule has 0 spiro atoms. The van der Waals surface area contributed by atoms with Crippen molar-refractivity contribution in [3.63, 3.8) is 0 Å². The number of thiocarbonyl (C=S) groups is 1. The van der Waals surface area contributed by atoms with Crippen molar-refractivity contribution >= 4 is 46.3 Å². The van der Waals surface area contributed by atoms with Crippen molar-refractivity contribution in [3.05, 3.63) is 107 Å². The number of halogens is 1. The van der Waals surface area contributed by atoms with Crippen molar-refractivity contribution in [2.45, 2.75) is 31.8 Å². The van der Waals surface area contributed by atoms with Gasteiger partial charge in [0.05, 0.1) is 35.1 Å². The Morgan fingerprint density at radius 3 is 2.59 bits per heavy atom. The highest BCUT2D eigenvalue weighted by molar-refractivity contribution is 7.80. The second kappa shape index (κ2) is 11.5. The summed E-state index contributed by atoms with van der Waals surface area (Å²) < 4.78 is 7.05. The first-order valence-corrected chi connectivity index (χ1v) is 14.6. The number of anilines is 2. The number of esters is 1. The van der Waals surface area contributed by atoms with Gasteiger partial charge in [-0.15, -0.1) is 0 Å². The summed E-state index contributed by atoms with van der Waals surface area (Å²) >= 11 is 12.9. The van der Waals surface area contributed by atoms with Gasteiger partial charge < -0.3 is 24.4 Å². The fourth-order valence-corrected chi connectivity index (χ4v) is 6.50. The molecule has 0 aliphatic carbocycles. The quantitative estimate of drug-likeness (QED) is 0.199. The van der Waals surface area contributed by atoms with Gasteiger partial charge in [0.1, 0.15) is 6.04 Å². The molecule has 0 radical (unpaired) electrons. The monoisotopic (exact) mass is 585 g/mol. The van der Waals surface area contributed by atoms with E-state index in [1.54, 1.807) is 12.3 Å². The van der Waals surface area contributed by atoms with Gasteiger partial charge in [0, 0.05) is 42.6 Å². The number of carbonyl (C=O) groups excluding carboxylic acids is 1. The van der Waals surface area contributed by atoms with Gasteiger partial charge in [-0.2, -0.15) is 0 Å². The molecule has 0 bridgehead atoms. The summed E-state index contributed by atoms with van der Waals surface area (Å²) in [7, 11) is 1.39. The predicted octanol–water partition coefficient (Wildman–Crippen LogP) is 6.73. The van der Waals surface area contributed by atoms with Crippen LogP contribution in [-0.4, -0.2) is 40.8 Å². The van der Waals surface area contributed by atoms with Gasteiger partial charge >= 0.3 is 5.97 Å². The summed E-state index contributed by atoms with van der Waals surface area (Å²) in [6, 6.07) is 23.2. The second-order valence-corrected chi connectivity index (χ2v) is 11.4. The van der Waals surface area contributed by atoms with E-state index in [0.717, 1.165) is 47.5 Å². The Morgan fingerprint density at radius 1 is 1.02 bits per heavy atom.